The van der Waals surface area contributed by atoms with E-state index in [0.29, 0.717) is 6.42 Å². The lowest BCUT2D eigenvalue weighted by Gasteiger charge is -2.46. The van der Waals surface area contributed by atoms with Gasteiger partial charge in [0.05, 0.1) is 11.7 Å². The molecule has 1 heterocycles. The first-order valence-electron chi connectivity index (χ1n) is 10.3. The molecule has 0 saturated carbocycles. The van der Waals surface area contributed by atoms with E-state index in [1.807, 2.05) is 26.0 Å². The second-order valence-corrected chi connectivity index (χ2v) is 13.5. The highest BCUT2D eigenvalue weighted by molar-refractivity contribution is 6.99. The van der Waals surface area contributed by atoms with Crippen LogP contribution in [0.5, 0.6) is 0 Å². The van der Waals surface area contributed by atoms with Crippen LogP contribution in [0.4, 0.5) is 0 Å². The highest BCUT2D eigenvalue weighted by atomic mass is 28.4. The van der Waals surface area contributed by atoms with Crippen molar-refractivity contribution in [2.45, 2.75) is 70.2 Å². The highest BCUT2D eigenvalue weighted by Crippen LogP contribution is 2.40. The van der Waals surface area contributed by atoms with Crippen molar-refractivity contribution in [2.75, 3.05) is 7.11 Å². The summed E-state index contributed by atoms with van der Waals surface area (Å²) in [6.45, 7) is 10.6. The van der Waals surface area contributed by atoms with Crippen LogP contribution < -0.4 is 10.4 Å². The molecule has 0 aromatic heterocycles. The maximum atomic E-state index is 11.0. The van der Waals surface area contributed by atoms with E-state index in [2.05, 4.69) is 69.3 Å². The highest BCUT2D eigenvalue weighted by Gasteiger charge is 2.54. The van der Waals surface area contributed by atoms with Gasteiger partial charge in [0.25, 0.3) is 8.32 Å². The van der Waals surface area contributed by atoms with Crippen molar-refractivity contribution in [3.05, 3.63) is 60.7 Å². The lowest BCUT2D eigenvalue weighted by Crippen LogP contribution is -2.68. The Kier molecular flexibility index (Phi) is 6.37. The van der Waals surface area contributed by atoms with Gasteiger partial charge < -0.3 is 19.0 Å². The number of hydrogen-bond donors (Lipinski definition) is 1. The Morgan fingerprint density at radius 1 is 1.03 bits per heavy atom. The maximum absolute atomic E-state index is 11.0. The standard InChI is InChI=1S/C24H34O4Si/c1-18(22-24(5,25)17-21(26-6)27-22)28-29(23(2,3)4,19-13-9-7-10-14-19)20-15-11-8-12-16-20/h7-16,18,21-22,25H,17H2,1-6H3/t18-,21-,22-,24-/m1/s1. The van der Waals surface area contributed by atoms with Crippen molar-refractivity contribution in [3.8, 4) is 0 Å². The summed E-state index contributed by atoms with van der Waals surface area (Å²) in [5, 5.41) is 13.3. The smallest absolute Gasteiger partial charge is 0.261 e. The van der Waals surface area contributed by atoms with Crippen LogP contribution in [-0.2, 0) is 13.9 Å². The number of benzene rings is 2. The normalized spacial score (nSPS) is 26.4. The Balaban J connectivity index is 2.09. The van der Waals surface area contributed by atoms with Crippen LogP contribution in [0, 0.1) is 0 Å². The largest absolute Gasteiger partial charge is 0.402 e. The summed E-state index contributed by atoms with van der Waals surface area (Å²) in [4.78, 5) is 0. The minimum atomic E-state index is -2.71. The molecule has 1 aliphatic rings. The molecule has 3 rings (SSSR count). The molecule has 0 bridgehead atoms. The van der Waals surface area contributed by atoms with Crippen molar-refractivity contribution in [2.24, 2.45) is 0 Å². The summed E-state index contributed by atoms with van der Waals surface area (Å²) < 4.78 is 18.5. The van der Waals surface area contributed by atoms with Crippen LogP contribution >= 0.6 is 0 Å². The van der Waals surface area contributed by atoms with E-state index in [-0.39, 0.29) is 11.1 Å². The second-order valence-electron chi connectivity index (χ2n) is 9.27. The van der Waals surface area contributed by atoms with Gasteiger partial charge in [0.2, 0.25) is 0 Å². The molecule has 4 nitrogen and oxygen atoms in total. The average molecular weight is 415 g/mol. The third-order valence-corrected chi connectivity index (χ3v) is 11.1. The molecular weight excluding hydrogens is 380 g/mol. The first-order chi connectivity index (χ1) is 13.6. The molecule has 0 unspecified atom stereocenters. The lowest BCUT2D eigenvalue weighted by atomic mass is 9.95. The van der Waals surface area contributed by atoms with Gasteiger partial charge in [-0.15, -0.1) is 0 Å². The Bertz CT molecular complexity index is 746. The van der Waals surface area contributed by atoms with Gasteiger partial charge in [0, 0.05) is 13.5 Å². The van der Waals surface area contributed by atoms with Crippen LogP contribution in [0.15, 0.2) is 60.7 Å². The van der Waals surface area contributed by atoms with Gasteiger partial charge in [-0.25, -0.2) is 0 Å². The van der Waals surface area contributed by atoms with Crippen molar-refractivity contribution in [1.82, 2.24) is 0 Å². The van der Waals surface area contributed by atoms with Crippen LogP contribution in [0.1, 0.15) is 41.0 Å². The van der Waals surface area contributed by atoms with E-state index in [9.17, 15) is 5.11 Å². The molecule has 1 saturated heterocycles. The molecule has 1 aliphatic heterocycles. The first kappa shape index (κ1) is 22.2. The van der Waals surface area contributed by atoms with E-state index in [1.54, 1.807) is 7.11 Å². The van der Waals surface area contributed by atoms with Crippen molar-refractivity contribution in [1.29, 1.82) is 0 Å². The zero-order valence-corrected chi connectivity index (χ0v) is 19.4. The second kappa shape index (κ2) is 8.32. The molecule has 2 aromatic carbocycles. The van der Waals surface area contributed by atoms with Crippen LogP contribution in [0.3, 0.4) is 0 Å². The molecule has 2 aromatic rings. The Morgan fingerprint density at radius 3 is 1.90 bits per heavy atom. The molecular formula is C24H34O4Si. The summed E-state index contributed by atoms with van der Waals surface area (Å²) in [6, 6.07) is 21.0. The third kappa shape index (κ3) is 4.20. The number of rotatable bonds is 6. The molecule has 29 heavy (non-hydrogen) atoms. The molecule has 0 amide bonds. The monoisotopic (exact) mass is 414 g/mol. The quantitative estimate of drug-likeness (QED) is 0.736. The summed E-state index contributed by atoms with van der Waals surface area (Å²) in [6.07, 6.45) is -0.756. The zero-order chi connectivity index (χ0) is 21.3. The Labute approximate surface area is 176 Å². The molecule has 0 spiro atoms. The van der Waals surface area contributed by atoms with Crippen molar-refractivity contribution < 1.29 is 19.0 Å². The fourth-order valence-electron chi connectivity index (χ4n) is 4.60. The molecule has 1 fully saturated rings. The molecule has 0 aliphatic carbocycles. The number of aliphatic hydroxyl groups is 1. The van der Waals surface area contributed by atoms with Gasteiger partial charge in [-0.1, -0.05) is 81.4 Å². The fourth-order valence-corrected chi connectivity index (χ4v) is 9.29. The molecule has 1 N–H and O–H groups in total. The van der Waals surface area contributed by atoms with E-state index < -0.39 is 26.3 Å². The topological polar surface area (TPSA) is 47.9 Å². The van der Waals surface area contributed by atoms with Crippen LogP contribution in [0.25, 0.3) is 0 Å². The fraction of sp³-hybridized carbons (Fsp3) is 0.500. The van der Waals surface area contributed by atoms with Crippen molar-refractivity contribution >= 4 is 18.7 Å². The predicted molar refractivity (Wildman–Crippen MR) is 119 cm³/mol. The van der Waals surface area contributed by atoms with E-state index in [4.69, 9.17) is 13.9 Å². The van der Waals surface area contributed by atoms with Gasteiger partial charge in [-0.3, -0.25) is 0 Å². The molecule has 5 heteroatoms. The van der Waals surface area contributed by atoms with Gasteiger partial charge in [-0.2, -0.15) is 0 Å². The molecule has 158 valence electrons. The van der Waals surface area contributed by atoms with Gasteiger partial charge in [-0.05, 0) is 29.3 Å². The van der Waals surface area contributed by atoms with Gasteiger partial charge in [0.1, 0.15) is 6.10 Å². The molecule has 0 radical (unpaired) electrons. The van der Waals surface area contributed by atoms with Crippen LogP contribution in [0.2, 0.25) is 5.04 Å². The molecule has 4 atom stereocenters. The minimum absolute atomic E-state index is 0.130. The zero-order valence-electron chi connectivity index (χ0n) is 18.4. The number of ether oxygens (including phenoxy) is 2. The summed E-state index contributed by atoms with van der Waals surface area (Å²) >= 11 is 0. The SMILES string of the molecule is CO[C@H]1C[C@@](C)(O)[C@@H]([C@@H](C)O[Si](c2ccccc2)(c2ccccc2)C(C)(C)C)O1. The Hall–Kier alpha value is -1.50. The van der Waals surface area contributed by atoms with Gasteiger partial charge >= 0.3 is 0 Å². The number of hydrogen-bond acceptors (Lipinski definition) is 4. The first-order valence-corrected chi connectivity index (χ1v) is 12.2. The van der Waals surface area contributed by atoms with E-state index in [0.717, 1.165) is 0 Å². The lowest BCUT2D eigenvalue weighted by molar-refractivity contribution is -0.147. The maximum Gasteiger partial charge on any atom is 0.261 e. The summed E-state index contributed by atoms with van der Waals surface area (Å²) in [5.74, 6) is 0. The van der Waals surface area contributed by atoms with Gasteiger partial charge in [0.15, 0.2) is 6.29 Å². The van der Waals surface area contributed by atoms with E-state index in [1.165, 1.54) is 10.4 Å². The Morgan fingerprint density at radius 2 is 1.52 bits per heavy atom. The summed E-state index contributed by atoms with van der Waals surface area (Å²) in [7, 11) is -1.10. The third-order valence-electron chi connectivity index (χ3n) is 5.96. The van der Waals surface area contributed by atoms with E-state index >= 15 is 0 Å². The predicted octanol–water partition coefficient (Wildman–Crippen LogP) is 3.46. The number of methoxy groups -OCH3 is 1. The van der Waals surface area contributed by atoms with Crippen molar-refractivity contribution in [3.63, 3.8) is 0 Å². The summed E-state index contributed by atoms with van der Waals surface area (Å²) in [5.41, 5.74) is -1.01. The minimum Gasteiger partial charge on any atom is -0.402 e. The average Bonchev–Trinajstić information content (AvgIpc) is 3.01. The van der Waals surface area contributed by atoms with Crippen LogP contribution in [-0.4, -0.2) is 44.6 Å².